The number of rotatable bonds is 5. The molecule has 1 N–H and O–H groups in total. The molecule has 0 aliphatic carbocycles. The molecule has 0 saturated carbocycles. The van der Waals surface area contributed by atoms with Gasteiger partial charge in [0.15, 0.2) is 0 Å². The van der Waals surface area contributed by atoms with Crippen LogP contribution in [0.5, 0.6) is 0 Å². The normalized spacial score (nSPS) is 16.5. The quantitative estimate of drug-likeness (QED) is 0.667. The van der Waals surface area contributed by atoms with Gasteiger partial charge < -0.3 is 10.1 Å². The number of hydrogen-bond acceptors (Lipinski definition) is 4. The minimum Gasteiger partial charge on any atom is -0.381 e. The lowest BCUT2D eigenvalue weighted by Gasteiger charge is -2.22. The Hall–Kier alpha value is -1.17. The third-order valence-electron chi connectivity index (χ3n) is 3.37. The SMILES string of the molecule is O=[N+]([O-])c1cccc(Cl)c1CNCC1CCOCC1. The summed E-state index contributed by atoms with van der Waals surface area (Å²) in [5, 5.41) is 14.6. The van der Waals surface area contributed by atoms with Crippen molar-refractivity contribution in [1.29, 1.82) is 0 Å². The first kappa shape index (κ1) is 14.2. The topological polar surface area (TPSA) is 64.4 Å². The Morgan fingerprint density at radius 3 is 2.84 bits per heavy atom. The van der Waals surface area contributed by atoms with Crippen molar-refractivity contribution in [2.24, 2.45) is 5.92 Å². The van der Waals surface area contributed by atoms with Gasteiger partial charge in [0.1, 0.15) is 0 Å². The number of benzene rings is 1. The molecule has 1 aromatic rings. The van der Waals surface area contributed by atoms with Crippen LogP contribution in [0.1, 0.15) is 18.4 Å². The van der Waals surface area contributed by atoms with E-state index in [1.165, 1.54) is 6.07 Å². The van der Waals surface area contributed by atoms with Gasteiger partial charge >= 0.3 is 0 Å². The summed E-state index contributed by atoms with van der Waals surface area (Å²) >= 11 is 6.03. The van der Waals surface area contributed by atoms with Gasteiger partial charge in [-0.2, -0.15) is 0 Å². The first-order chi connectivity index (χ1) is 9.18. The highest BCUT2D eigenvalue weighted by Crippen LogP contribution is 2.26. The highest BCUT2D eigenvalue weighted by atomic mass is 35.5. The number of hydrogen-bond donors (Lipinski definition) is 1. The van der Waals surface area contributed by atoms with Crippen LogP contribution in [0.2, 0.25) is 5.02 Å². The summed E-state index contributed by atoms with van der Waals surface area (Å²) in [6.07, 6.45) is 2.08. The standard InChI is InChI=1S/C13H17ClN2O3/c14-12-2-1-3-13(16(17)18)11(12)9-15-8-10-4-6-19-7-5-10/h1-3,10,15H,4-9H2. The van der Waals surface area contributed by atoms with Gasteiger partial charge in [0.2, 0.25) is 0 Å². The number of halogens is 1. The molecule has 104 valence electrons. The molecule has 19 heavy (non-hydrogen) atoms. The molecule has 0 spiro atoms. The van der Waals surface area contributed by atoms with Crippen LogP contribution in [0, 0.1) is 16.0 Å². The van der Waals surface area contributed by atoms with E-state index >= 15 is 0 Å². The van der Waals surface area contributed by atoms with Gasteiger partial charge in [-0.1, -0.05) is 17.7 Å². The number of nitrogens with zero attached hydrogens (tertiary/aromatic N) is 1. The van der Waals surface area contributed by atoms with E-state index in [1.807, 2.05) is 0 Å². The van der Waals surface area contributed by atoms with Crippen molar-refractivity contribution in [2.45, 2.75) is 19.4 Å². The Kier molecular flexibility index (Phi) is 5.13. The molecule has 2 rings (SSSR count). The molecule has 6 heteroatoms. The van der Waals surface area contributed by atoms with Gasteiger partial charge in [-0.15, -0.1) is 0 Å². The van der Waals surface area contributed by atoms with Gasteiger partial charge in [0, 0.05) is 25.8 Å². The molecule has 1 saturated heterocycles. The van der Waals surface area contributed by atoms with Crippen molar-refractivity contribution in [3.63, 3.8) is 0 Å². The summed E-state index contributed by atoms with van der Waals surface area (Å²) in [4.78, 5) is 10.5. The summed E-state index contributed by atoms with van der Waals surface area (Å²) in [7, 11) is 0. The maximum absolute atomic E-state index is 10.9. The Bertz CT molecular complexity index is 448. The van der Waals surface area contributed by atoms with Crippen LogP contribution in [0.25, 0.3) is 0 Å². The lowest BCUT2D eigenvalue weighted by atomic mass is 10.0. The fourth-order valence-electron chi connectivity index (χ4n) is 2.25. The van der Waals surface area contributed by atoms with Gasteiger partial charge in [0.25, 0.3) is 5.69 Å². The minimum atomic E-state index is -0.392. The van der Waals surface area contributed by atoms with Crippen molar-refractivity contribution < 1.29 is 9.66 Å². The molecule has 0 radical (unpaired) electrons. The van der Waals surface area contributed by atoms with Crippen molar-refractivity contribution in [2.75, 3.05) is 19.8 Å². The summed E-state index contributed by atoms with van der Waals surface area (Å²) in [5.74, 6) is 0.579. The second-order valence-electron chi connectivity index (χ2n) is 4.68. The van der Waals surface area contributed by atoms with Crippen LogP contribution in [0.4, 0.5) is 5.69 Å². The molecule has 5 nitrogen and oxygen atoms in total. The lowest BCUT2D eigenvalue weighted by molar-refractivity contribution is -0.385. The average molecular weight is 285 g/mol. The van der Waals surface area contributed by atoms with Crippen LogP contribution < -0.4 is 5.32 Å². The fraction of sp³-hybridized carbons (Fsp3) is 0.538. The van der Waals surface area contributed by atoms with Gasteiger partial charge in [-0.3, -0.25) is 10.1 Å². The number of nitro benzene ring substituents is 1. The maximum Gasteiger partial charge on any atom is 0.275 e. The molecule has 1 aliphatic heterocycles. The van der Waals surface area contributed by atoms with E-state index in [9.17, 15) is 10.1 Å². The Labute approximate surface area is 117 Å². The van der Waals surface area contributed by atoms with Crippen molar-refractivity contribution in [3.05, 3.63) is 38.9 Å². The Balaban J connectivity index is 1.93. The molecule has 1 fully saturated rings. The number of ether oxygens (including phenoxy) is 1. The van der Waals surface area contributed by atoms with E-state index in [-0.39, 0.29) is 5.69 Å². The molecule has 0 atom stereocenters. The molecular weight excluding hydrogens is 268 g/mol. The summed E-state index contributed by atoms with van der Waals surface area (Å²) in [6.45, 7) is 2.87. The predicted molar refractivity (Wildman–Crippen MR) is 73.4 cm³/mol. The number of nitro groups is 1. The van der Waals surface area contributed by atoms with E-state index in [0.717, 1.165) is 32.6 Å². The second-order valence-corrected chi connectivity index (χ2v) is 5.09. The highest BCUT2D eigenvalue weighted by molar-refractivity contribution is 6.31. The van der Waals surface area contributed by atoms with E-state index in [0.29, 0.717) is 23.0 Å². The molecule has 0 aromatic heterocycles. The third-order valence-corrected chi connectivity index (χ3v) is 3.72. The summed E-state index contributed by atoms with van der Waals surface area (Å²) in [6, 6.07) is 4.76. The predicted octanol–water partition coefficient (Wildman–Crippen LogP) is 2.76. The highest BCUT2D eigenvalue weighted by Gasteiger charge is 2.17. The van der Waals surface area contributed by atoms with Gasteiger partial charge in [-0.05, 0) is 31.4 Å². The molecule has 0 amide bonds. The van der Waals surface area contributed by atoms with E-state index in [4.69, 9.17) is 16.3 Å². The minimum absolute atomic E-state index is 0.0759. The first-order valence-electron chi connectivity index (χ1n) is 6.38. The van der Waals surface area contributed by atoms with Crippen LogP contribution in [-0.4, -0.2) is 24.7 Å². The first-order valence-corrected chi connectivity index (χ1v) is 6.76. The van der Waals surface area contributed by atoms with Gasteiger partial charge in [0.05, 0.1) is 15.5 Å². The smallest absolute Gasteiger partial charge is 0.275 e. The van der Waals surface area contributed by atoms with E-state index < -0.39 is 4.92 Å². The van der Waals surface area contributed by atoms with Crippen LogP contribution in [0.3, 0.4) is 0 Å². The Morgan fingerprint density at radius 2 is 2.16 bits per heavy atom. The average Bonchev–Trinajstić information content (AvgIpc) is 2.41. The second kappa shape index (κ2) is 6.84. The molecular formula is C13H17ClN2O3. The van der Waals surface area contributed by atoms with Crippen LogP contribution in [0.15, 0.2) is 18.2 Å². The van der Waals surface area contributed by atoms with Crippen molar-refractivity contribution >= 4 is 17.3 Å². The molecule has 0 bridgehead atoms. The summed E-state index contributed by atoms with van der Waals surface area (Å²) < 4.78 is 5.30. The molecule has 1 heterocycles. The number of nitrogens with one attached hydrogen (secondary N) is 1. The fourth-order valence-corrected chi connectivity index (χ4v) is 2.48. The summed E-state index contributed by atoms with van der Waals surface area (Å²) in [5.41, 5.74) is 0.633. The molecule has 0 unspecified atom stereocenters. The zero-order valence-corrected chi connectivity index (χ0v) is 11.4. The van der Waals surface area contributed by atoms with E-state index in [2.05, 4.69) is 5.32 Å². The van der Waals surface area contributed by atoms with E-state index in [1.54, 1.807) is 12.1 Å². The maximum atomic E-state index is 10.9. The molecule has 1 aliphatic rings. The van der Waals surface area contributed by atoms with Crippen molar-refractivity contribution in [3.8, 4) is 0 Å². The van der Waals surface area contributed by atoms with Crippen LogP contribution >= 0.6 is 11.6 Å². The lowest BCUT2D eigenvalue weighted by Crippen LogP contribution is -2.27. The van der Waals surface area contributed by atoms with Gasteiger partial charge in [-0.25, -0.2) is 0 Å². The zero-order valence-electron chi connectivity index (χ0n) is 10.6. The Morgan fingerprint density at radius 1 is 1.42 bits per heavy atom. The molecule has 1 aromatic carbocycles. The van der Waals surface area contributed by atoms with Crippen molar-refractivity contribution in [1.82, 2.24) is 5.32 Å². The zero-order chi connectivity index (χ0) is 13.7. The third kappa shape index (κ3) is 3.89. The monoisotopic (exact) mass is 284 g/mol. The van der Waals surface area contributed by atoms with Crippen LogP contribution in [-0.2, 0) is 11.3 Å². The largest absolute Gasteiger partial charge is 0.381 e.